The van der Waals surface area contributed by atoms with Gasteiger partial charge in [0.25, 0.3) is 0 Å². The predicted octanol–water partition coefficient (Wildman–Crippen LogP) is 1.19. The van der Waals surface area contributed by atoms with Crippen molar-refractivity contribution < 1.29 is 4.74 Å². The quantitative estimate of drug-likeness (QED) is 0.524. The maximum atomic E-state index is 5.87. The lowest BCUT2D eigenvalue weighted by Gasteiger charge is -2.27. The molecule has 80 valence electrons. The number of hydrazine groups is 1. The van der Waals surface area contributed by atoms with E-state index in [0.29, 0.717) is 24.2 Å². The van der Waals surface area contributed by atoms with Crippen molar-refractivity contribution in [2.45, 2.75) is 56.8 Å². The van der Waals surface area contributed by atoms with Crippen molar-refractivity contribution in [3.63, 3.8) is 0 Å². The number of nitrogens with two attached hydrogens (primary N) is 1. The smallest absolute Gasteiger partial charge is 0.0624 e. The molecule has 0 aromatic rings. The summed E-state index contributed by atoms with van der Waals surface area (Å²) in [6, 6.07) is 0.512. The average molecular weight is 196 g/mol. The van der Waals surface area contributed by atoms with Crippen LogP contribution in [0, 0.1) is 11.8 Å². The molecule has 14 heavy (non-hydrogen) atoms. The van der Waals surface area contributed by atoms with Crippen molar-refractivity contribution >= 4 is 0 Å². The van der Waals surface area contributed by atoms with Crippen LogP contribution in [0.25, 0.3) is 0 Å². The van der Waals surface area contributed by atoms with Gasteiger partial charge in [-0.2, -0.15) is 0 Å². The summed E-state index contributed by atoms with van der Waals surface area (Å²) in [6.07, 6.45) is 8.96. The minimum absolute atomic E-state index is 0.512. The van der Waals surface area contributed by atoms with Gasteiger partial charge in [-0.3, -0.25) is 11.3 Å². The van der Waals surface area contributed by atoms with Crippen molar-refractivity contribution in [1.82, 2.24) is 5.43 Å². The molecule has 3 rings (SSSR count). The minimum atomic E-state index is 0.512. The maximum absolute atomic E-state index is 5.87. The van der Waals surface area contributed by atoms with Crippen molar-refractivity contribution in [3.8, 4) is 0 Å². The van der Waals surface area contributed by atoms with Crippen molar-refractivity contribution in [2.24, 2.45) is 17.7 Å². The monoisotopic (exact) mass is 196 g/mol. The first-order valence-electron chi connectivity index (χ1n) is 5.98. The van der Waals surface area contributed by atoms with Crippen LogP contribution < -0.4 is 11.3 Å². The summed E-state index contributed by atoms with van der Waals surface area (Å²) in [5, 5.41) is 0. The van der Waals surface area contributed by atoms with Gasteiger partial charge in [-0.1, -0.05) is 12.8 Å². The molecule has 2 saturated heterocycles. The Labute approximate surface area is 85.3 Å². The average Bonchev–Trinajstić information content (AvgIpc) is 2.77. The van der Waals surface area contributed by atoms with E-state index < -0.39 is 0 Å². The summed E-state index contributed by atoms with van der Waals surface area (Å²) in [7, 11) is 0. The second kappa shape index (κ2) is 3.47. The summed E-state index contributed by atoms with van der Waals surface area (Å²) in [5.74, 6) is 7.30. The molecule has 0 aromatic heterocycles. The SMILES string of the molecule is NNC(CC1CC1)C1CC2CCC1O2. The molecule has 0 amide bonds. The van der Waals surface area contributed by atoms with Gasteiger partial charge in [0, 0.05) is 12.0 Å². The fraction of sp³-hybridized carbons (Fsp3) is 1.00. The van der Waals surface area contributed by atoms with Gasteiger partial charge in [0.2, 0.25) is 0 Å². The van der Waals surface area contributed by atoms with E-state index in [4.69, 9.17) is 10.6 Å². The standard InChI is InChI=1S/C11H20N2O/c12-13-10(5-7-1-2-7)9-6-8-3-4-11(9)14-8/h7-11,13H,1-6,12H2. The second-order valence-electron chi connectivity index (χ2n) is 5.23. The lowest BCUT2D eigenvalue weighted by atomic mass is 9.82. The molecule has 3 nitrogen and oxygen atoms in total. The molecule has 4 atom stereocenters. The van der Waals surface area contributed by atoms with E-state index in [0.717, 1.165) is 5.92 Å². The third-order valence-corrected chi connectivity index (χ3v) is 4.17. The normalized spacial score (nSPS) is 43.1. The largest absolute Gasteiger partial charge is 0.375 e. The van der Waals surface area contributed by atoms with Crippen LogP contribution in [0.4, 0.5) is 0 Å². The van der Waals surface area contributed by atoms with Gasteiger partial charge in [0.1, 0.15) is 0 Å². The molecule has 3 heteroatoms. The number of nitrogens with one attached hydrogen (secondary N) is 1. The third-order valence-electron chi connectivity index (χ3n) is 4.17. The molecule has 3 aliphatic rings. The molecular weight excluding hydrogens is 176 g/mol. The molecule has 1 aliphatic carbocycles. The Morgan fingerprint density at radius 2 is 2.14 bits per heavy atom. The van der Waals surface area contributed by atoms with E-state index in [-0.39, 0.29) is 0 Å². The summed E-state index contributed by atoms with van der Waals surface area (Å²) >= 11 is 0. The Bertz CT molecular complexity index is 217. The lowest BCUT2D eigenvalue weighted by molar-refractivity contribution is 0.0844. The molecule has 0 aromatic carbocycles. The highest BCUT2D eigenvalue weighted by Gasteiger charge is 2.45. The van der Waals surface area contributed by atoms with E-state index in [2.05, 4.69) is 5.43 Å². The van der Waals surface area contributed by atoms with Crippen molar-refractivity contribution in [3.05, 3.63) is 0 Å². The van der Waals surface area contributed by atoms with Crippen molar-refractivity contribution in [2.75, 3.05) is 0 Å². The third kappa shape index (κ3) is 1.58. The van der Waals surface area contributed by atoms with Crippen LogP contribution in [-0.4, -0.2) is 18.2 Å². The van der Waals surface area contributed by atoms with E-state index in [1.165, 1.54) is 38.5 Å². The molecule has 2 heterocycles. The highest BCUT2D eigenvalue weighted by atomic mass is 16.5. The Hall–Kier alpha value is -0.120. The van der Waals surface area contributed by atoms with Gasteiger partial charge in [0.15, 0.2) is 0 Å². The lowest BCUT2D eigenvalue weighted by Crippen LogP contribution is -2.44. The number of ether oxygens (including phenoxy) is 1. The summed E-state index contributed by atoms with van der Waals surface area (Å²) < 4.78 is 5.87. The zero-order valence-corrected chi connectivity index (χ0v) is 8.61. The molecule has 4 unspecified atom stereocenters. The first-order valence-corrected chi connectivity index (χ1v) is 5.98. The number of hydrogen-bond donors (Lipinski definition) is 2. The van der Waals surface area contributed by atoms with E-state index in [9.17, 15) is 0 Å². The Morgan fingerprint density at radius 1 is 1.29 bits per heavy atom. The van der Waals surface area contributed by atoms with Gasteiger partial charge >= 0.3 is 0 Å². The number of hydrogen-bond acceptors (Lipinski definition) is 3. The van der Waals surface area contributed by atoms with E-state index >= 15 is 0 Å². The molecule has 3 N–H and O–H groups in total. The zero-order chi connectivity index (χ0) is 9.54. The number of rotatable bonds is 4. The van der Waals surface area contributed by atoms with E-state index in [1.807, 2.05) is 0 Å². The summed E-state index contributed by atoms with van der Waals surface area (Å²) in [4.78, 5) is 0. The first kappa shape index (κ1) is 9.13. The van der Waals surface area contributed by atoms with Gasteiger partial charge < -0.3 is 4.74 Å². The Balaban J connectivity index is 1.61. The summed E-state index contributed by atoms with van der Waals surface area (Å²) in [5.41, 5.74) is 3.02. The van der Waals surface area contributed by atoms with Gasteiger partial charge in [-0.15, -0.1) is 0 Å². The molecule has 2 bridgehead atoms. The Kier molecular flexibility index (Phi) is 2.26. The number of fused-ring (bicyclic) bond motifs is 2. The van der Waals surface area contributed by atoms with Crippen LogP contribution >= 0.6 is 0 Å². The minimum Gasteiger partial charge on any atom is -0.375 e. The molecule has 2 aliphatic heterocycles. The van der Waals surface area contributed by atoms with Crippen LogP contribution in [0.15, 0.2) is 0 Å². The Morgan fingerprint density at radius 3 is 2.64 bits per heavy atom. The fourth-order valence-corrected chi connectivity index (χ4v) is 3.18. The maximum Gasteiger partial charge on any atom is 0.0624 e. The van der Waals surface area contributed by atoms with Gasteiger partial charge in [-0.25, -0.2) is 0 Å². The van der Waals surface area contributed by atoms with Crippen LogP contribution in [-0.2, 0) is 4.74 Å². The zero-order valence-electron chi connectivity index (χ0n) is 8.61. The van der Waals surface area contributed by atoms with Crippen LogP contribution in [0.2, 0.25) is 0 Å². The fourth-order valence-electron chi connectivity index (χ4n) is 3.18. The van der Waals surface area contributed by atoms with Gasteiger partial charge in [-0.05, 0) is 31.6 Å². The molecule has 1 saturated carbocycles. The first-order chi connectivity index (χ1) is 6.86. The summed E-state index contributed by atoms with van der Waals surface area (Å²) in [6.45, 7) is 0. The highest BCUT2D eigenvalue weighted by molar-refractivity contribution is 4.96. The molecule has 0 radical (unpaired) electrons. The molecular formula is C11H20N2O. The van der Waals surface area contributed by atoms with Crippen LogP contribution in [0.3, 0.4) is 0 Å². The van der Waals surface area contributed by atoms with Crippen molar-refractivity contribution in [1.29, 1.82) is 0 Å². The molecule has 3 fully saturated rings. The predicted molar refractivity (Wildman–Crippen MR) is 54.5 cm³/mol. The van der Waals surface area contributed by atoms with Gasteiger partial charge in [0.05, 0.1) is 12.2 Å². The van der Waals surface area contributed by atoms with Crippen LogP contribution in [0.1, 0.15) is 38.5 Å². The van der Waals surface area contributed by atoms with Crippen LogP contribution in [0.5, 0.6) is 0 Å². The topological polar surface area (TPSA) is 47.3 Å². The molecule has 0 spiro atoms. The highest BCUT2D eigenvalue weighted by Crippen LogP contribution is 2.43. The second-order valence-corrected chi connectivity index (χ2v) is 5.23. The van der Waals surface area contributed by atoms with E-state index in [1.54, 1.807) is 0 Å².